The van der Waals surface area contributed by atoms with Gasteiger partial charge in [0.25, 0.3) is 5.91 Å². The van der Waals surface area contributed by atoms with Crippen LogP contribution in [-0.4, -0.2) is 24.0 Å². The molecular formula is C17H24N2O3. The average Bonchev–Trinajstić information content (AvgIpc) is 2.99. The van der Waals surface area contributed by atoms with E-state index in [1.54, 1.807) is 18.2 Å². The maximum absolute atomic E-state index is 12.4. The molecule has 0 bridgehead atoms. The van der Waals surface area contributed by atoms with E-state index in [9.17, 15) is 9.59 Å². The lowest BCUT2D eigenvalue weighted by Crippen LogP contribution is -2.33. The third-order valence-corrected chi connectivity index (χ3v) is 4.10. The lowest BCUT2D eigenvalue weighted by atomic mass is 10.1. The van der Waals surface area contributed by atoms with Crippen LogP contribution >= 0.6 is 0 Å². The van der Waals surface area contributed by atoms with Crippen LogP contribution in [0.1, 0.15) is 54.9 Å². The van der Waals surface area contributed by atoms with Crippen molar-refractivity contribution in [2.75, 3.05) is 5.32 Å². The average molecular weight is 304 g/mol. The van der Waals surface area contributed by atoms with Crippen LogP contribution in [0.2, 0.25) is 0 Å². The lowest BCUT2D eigenvalue weighted by Gasteiger charge is -2.21. The summed E-state index contributed by atoms with van der Waals surface area (Å²) < 4.78 is 5.91. The van der Waals surface area contributed by atoms with Gasteiger partial charge in [-0.1, -0.05) is 25.8 Å². The van der Waals surface area contributed by atoms with Gasteiger partial charge in [0.2, 0.25) is 5.91 Å². The zero-order valence-corrected chi connectivity index (χ0v) is 13.2. The normalized spacial score (nSPS) is 16.5. The van der Waals surface area contributed by atoms with E-state index in [1.807, 2.05) is 13.8 Å². The highest BCUT2D eigenvalue weighted by atomic mass is 16.5. The van der Waals surface area contributed by atoms with E-state index in [1.165, 1.54) is 12.8 Å². The van der Waals surface area contributed by atoms with Gasteiger partial charge < -0.3 is 15.8 Å². The number of primary amides is 1. The smallest absolute Gasteiger partial charge is 0.253 e. The lowest BCUT2D eigenvalue weighted by molar-refractivity contribution is -0.131. The van der Waals surface area contributed by atoms with Crippen molar-refractivity contribution in [2.24, 2.45) is 5.73 Å². The summed E-state index contributed by atoms with van der Waals surface area (Å²) in [5.74, 6) is -0.677. The number of nitrogens with one attached hydrogen (secondary N) is 1. The van der Waals surface area contributed by atoms with Crippen LogP contribution in [0.15, 0.2) is 18.2 Å². The highest BCUT2D eigenvalue weighted by molar-refractivity contribution is 5.98. The molecule has 1 aromatic rings. The van der Waals surface area contributed by atoms with Crippen molar-refractivity contribution in [1.82, 2.24) is 0 Å². The predicted molar refractivity (Wildman–Crippen MR) is 85.7 cm³/mol. The molecule has 0 unspecified atom stereocenters. The first-order valence-corrected chi connectivity index (χ1v) is 7.88. The van der Waals surface area contributed by atoms with Crippen molar-refractivity contribution in [1.29, 1.82) is 0 Å². The van der Waals surface area contributed by atoms with Gasteiger partial charge in [-0.15, -0.1) is 0 Å². The molecule has 2 amide bonds. The molecule has 1 atom stereocenters. The fourth-order valence-electron chi connectivity index (χ4n) is 2.72. The van der Waals surface area contributed by atoms with Crippen molar-refractivity contribution in [3.63, 3.8) is 0 Å². The molecule has 1 aliphatic rings. The number of nitrogens with two attached hydrogens (primary N) is 1. The Balaban J connectivity index is 2.05. The molecule has 22 heavy (non-hydrogen) atoms. The van der Waals surface area contributed by atoms with E-state index in [4.69, 9.17) is 10.5 Å². The van der Waals surface area contributed by atoms with Gasteiger partial charge in [-0.05, 0) is 43.9 Å². The van der Waals surface area contributed by atoms with Gasteiger partial charge in [0.15, 0.2) is 0 Å². The number of amides is 2. The largest absolute Gasteiger partial charge is 0.366 e. The second-order valence-corrected chi connectivity index (χ2v) is 5.82. The highest BCUT2D eigenvalue weighted by Crippen LogP contribution is 2.24. The predicted octanol–water partition coefficient (Wildman–Crippen LogP) is 2.77. The summed E-state index contributed by atoms with van der Waals surface area (Å²) in [6, 6.07) is 5.03. The maximum atomic E-state index is 12.4. The molecule has 3 N–H and O–H groups in total. The van der Waals surface area contributed by atoms with Gasteiger partial charge in [0.1, 0.15) is 6.10 Å². The topological polar surface area (TPSA) is 81.4 Å². The number of aryl methyl sites for hydroxylation is 1. The van der Waals surface area contributed by atoms with Crippen molar-refractivity contribution in [2.45, 2.75) is 58.2 Å². The van der Waals surface area contributed by atoms with E-state index < -0.39 is 12.0 Å². The molecule has 1 fully saturated rings. The molecule has 5 nitrogen and oxygen atoms in total. The molecule has 0 heterocycles. The molecule has 0 aliphatic heterocycles. The number of hydrogen-bond acceptors (Lipinski definition) is 3. The number of ether oxygens (including phenoxy) is 1. The minimum absolute atomic E-state index is 0.167. The Morgan fingerprint density at radius 1 is 1.36 bits per heavy atom. The number of carbonyl (C=O) groups excluding carboxylic acids is 2. The molecule has 0 saturated heterocycles. The standard InChI is InChI=1S/C17H24N2O3/c1-3-15(22-13-6-4-5-7-13)17(21)19-14-10-12(16(18)20)9-8-11(14)2/h8-10,13,15H,3-7H2,1-2H3,(H2,18,20)(H,19,21)/t15-/m0/s1. The van der Waals surface area contributed by atoms with Crippen molar-refractivity contribution in [3.05, 3.63) is 29.3 Å². The first-order chi connectivity index (χ1) is 10.5. The van der Waals surface area contributed by atoms with Crippen molar-refractivity contribution in [3.8, 4) is 0 Å². The second kappa shape index (κ2) is 7.40. The minimum atomic E-state index is -0.509. The molecule has 0 radical (unpaired) electrons. The van der Waals surface area contributed by atoms with E-state index in [0.29, 0.717) is 17.7 Å². The quantitative estimate of drug-likeness (QED) is 0.848. The van der Waals surface area contributed by atoms with Gasteiger partial charge >= 0.3 is 0 Å². The second-order valence-electron chi connectivity index (χ2n) is 5.82. The number of benzene rings is 1. The van der Waals surface area contributed by atoms with E-state index >= 15 is 0 Å². The SMILES string of the molecule is CC[C@H](OC1CCCC1)C(=O)Nc1cc(C(N)=O)ccc1C. The fourth-order valence-corrected chi connectivity index (χ4v) is 2.72. The van der Waals surface area contributed by atoms with Crippen LogP contribution in [-0.2, 0) is 9.53 Å². The van der Waals surface area contributed by atoms with E-state index in [-0.39, 0.29) is 12.0 Å². The van der Waals surface area contributed by atoms with Crippen LogP contribution in [0.3, 0.4) is 0 Å². The number of carbonyl (C=O) groups is 2. The number of anilines is 1. The number of rotatable bonds is 6. The summed E-state index contributed by atoms with van der Waals surface area (Å²) >= 11 is 0. The fraction of sp³-hybridized carbons (Fsp3) is 0.529. The van der Waals surface area contributed by atoms with Gasteiger partial charge in [-0.3, -0.25) is 9.59 Å². The van der Waals surface area contributed by atoms with Crippen molar-refractivity contribution >= 4 is 17.5 Å². The highest BCUT2D eigenvalue weighted by Gasteiger charge is 2.24. The molecular weight excluding hydrogens is 280 g/mol. The summed E-state index contributed by atoms with van der Waals surface area (Å²) in [7, 11) is 0. The molecule has 120 valence electrons. The van der Waals surface area contributed by atoms with Crippen LogP contribution < -0.4 is 11.1 Å². The van der Waals surface area contributed by atoms with E-state index in [2.05, 4.69) is 5.32 Å². The Morgan fingerprint density at radius 2 is 2.05 bits per heavy atom. The number of hydrogen-bond donors (Lipinski definition) is 2. The summed E-state index contributed by atoms with van der Waals surface area (Å²) in [4.78, 5) is 23.7. The summed E-state index contributed by atoms with van der Waals surface area (Å²) in [6.07, 6.45) is 4.75. The summed E-state index contributed by atoms with van der Waals surface area (Å²) in [5.41, 5.74) is 7.15. The zero-order valence-electron chi connectivity index (χ0n) is 13.2. The van der Waals surface area contributed by atoms with Gasteiger partial charge in [0, 0.05) is 11.3 Å². The van der Waals surface area contributed by atoms with Gasteiger partial charge in [-0.25, -0.2) is 0 Å². The Morgan fingerprint density at radius 3 is 2.64 bits per heavy atom. The molecule has 5 heteroatoms. The first kappa shape index (κ1) is 16.5. The molecule has 1 saturated carbocycles. The zero-order chi connectivity index (χ0) is 16.1. The molecule has 2 rings (SSSR count). The molecule has 1 aliphatic carbocycles. The van der Waals surface area contributed by atoms with E-state index in [0.717, 1.165) is 18.4 Å². The molecule has 0 spiro atoms. The molecule has 0 aromatic heterocycles. The van der Waals surface area contributed by atoms with Crippen LogP contribution in [0.4, 0.5) is 5.69 Å². The monoisotopic (exact) mass is 304 g/mol. The van der Waals surface area contributed by atoms with Gasteiger partial charge in [0.05, 0.1) is 6.10 Å². The third kappa shape index (κ3) is 4.07. The van der Waals surface area contributed by atoms with Gasteiger partial charge in [-0.2, -0.15) is 0 Å². The maximum Gasteiger partial charge on any atom is 0.253 e. The molecule has 1 aromatic carbocycles. The Labute approximate surface area is 131 Å². The Hall–Kier alpha value is -1.88. The van der Waals surface area contributed by atoms with Crippen LogP contribution in [0.5, 0.6) is 0 Å². The summed E-state index contributed by atoms with van der Waals surface area (Å²) in [6.45, 7) is 3.81. The van der Waals surface area contributed by atoms with Crippen molar-refractivity contribution < 1.29 is 14.3 Å². The Bertz CT molecular complexity index is 551. The minimum Gasteiger partial charge on any atom is -0.366 e. The summed E-state index contributed by atoms with van der Waals surface area (Å²) in [5, 5.41) is 2.86. The van der Waals surface area contributed by atoms with Crippen LogP contribution in [0, 0.1) is 6.92 Å². The first-order valence-electron chi connectivity index (χ1n) is 7.88. The third-order valence-electron chi connectivity index (χ3n) is 4.10. The Kier molecular flexibility index (Phi) is 5.55. The van der Waals surface area contributed by atoms with Crippen LogP contribution in [0.25, 0.3) is 0 Å².